The van der Waals surface area contributed by atoms with Gasteiger partial charge in [0, 0.05) is 12.8 Å². The number of carbonyl (C=O) groups is 3. The van der Waals surface area contributed by atoms with Crippen LogP contribution >= 0.6 is 0 Å². The summed E-state index contributed by atoms with van der Waals surface area (Å²) >= 11 is 0. The maximum Gasteiger partial charge on any atom is 0.361 e. The Balaban J connectivity index is 4.39. The van der Waals surface area contributed by atoms with Crippen molar-refractivity contribution in [2.24, 2.45) is 0 Å². The van der Waals surface area contributed by atoms with Gasteiger partial charge < -0.3 is 28.5 Å². The van der Waals surface area contributed by atoms with Gasteiger partial charge in [-0.15, -0.1) is 0 Å². The molecule has 0 aliphatic rings. The number of aliphatic carboxylic acids is 1. The molecule has 1 N–H and O–H groups in total. The van der Waals surface area contributed by atoms with Crippen LogP contribution in [-0.2, 0) is 33.3 Å². The van der Waals surface area contributed by atoms with Crippen LogP contribution in [0.3, 0.4) is 0 Å². The molecule has 0 rings (SSSR count). The summed E-state index contributed by atoms with van der Waals surface area (Å²) in [6.45, 7) is 4.50. The minimum atomic E-state index is -1.55. The van der Waals surface area contributed by atoms with Gasteiger partial charge in [-0.05, 0) is 154 Å². The first-order valence-electron chi connectivity index (χ1n) is 31.9. The van der Waals surface area contributed by atoms with E-state index in [-0.39, 0.29) is 32.7 Å². The lowest BCUT2D eigenvalue weighted by atomic mass is 10.1. The number of ether oxygens (including phenoxy) is 4. The number of carboxylic acids is 1. The Morgan fingerprint density at radius 3 is 0.894 bits per heavy atom. The number of esters is 2. The van der Waals surface area contributed by atoms with E-state index in [1.807, 2.05) is 21.1 Å². The first-order valence-corrected chi connectivity index (χ1v) is 31.9. The van der Waals surface area contributed by atoms with Crippen molar-refractivity contribution in [1.29, 1.82) is 0 Å². The van der Waals surface area contributed by atoms with Gasteiger partial charge in [0.05, 0.1) is 34.4 Å². The molecule has 470 valence electrons. The van der Waals surface area contributed by atoms with Crippen LogP contribution in [0.5, 0.6) is 0 Å². The highest BCUT2D eigenvalue weighted by molar-refractivity contribution is 5.71. The predicted molar refractivity (Wildman–Crippen MR) is 363 cm³/mol. The Kier molecular flexibility index (Phi) is 58.8. The molecular formula is C76H114NO8+. The van der Waals surface area contributed by atoms with Crippen molar-refractivity contribution < 1.29 is 42.9 Å². The van der Waals surface area contributed by atoms with Crippen LogP contribution < -0.4 is 0 Å². The molecule has 0 bridgehead atoms. The average molecular weight is 1170 g/mol. The number of likely N-dealkylation sites (N-methyl/N-ethyl adjacent to an activating group) is 1. The monoisotopic (exact) mass is 1170 g/mol. The van der Waals surface area contributed by atoms with Crippen molar-refractivity contribution in [3.05, 3.63) is 219 Å². The lowest BCUT2D eigenvalue weighted by Crippen LogP contribution is -2.40. The number of hydrogen-bond acceptors (Lipinski definition) is 7. The van der Waals surface area contributed by atoms with Crippen LogP contribution in [0.15, 0.2) is 219 Å². The van der Waals surface area contributed by atoms with Crippen molar-refractivity contribution in [2.45, 2.75) is 193 Å². The summed E-state index contributed by atoms with van der Waals surface area (Å²) in [5.41, 5.74) is 0. The Bertz CT molecular complexity index is 2190. The minimum absolute atomic E-state index is 0.158. The van der Waals surface area contributed by atoms with Crippen molar-refractivity contribution in [3.8, 4) is 0 Å². The maximum atomic E-state index is 12.9. The van der Waals surface area contributed by atoms with Crippen LogP contribution in [0.1, 0.15) is 181 Å². The molecule has 0 aromatic rings. The van der Waals surface area contributed by atoms with Gasteiger partial charge in [-0.2, -0.15) is 0 Å². The molecule has 9 nitrogen and oxygen atoms in total. The smallest absolute Gasteiger partial charge is 0.361 e. The standard InChI is InChI=1S/C76H113NO8/c1-6-8-10-12-14-16-18-20-22-24-26-28-29-30-31-32-33-34-35-36-37-38-39-40-41-42-43-44-45-47-49-51-53-55-57-59-61-63-65-67-74(79)85-72(71-84-76(75(80)81)82-69-68-77(3,4)5)70-83-73(78)66-64-62-60-58-56-54-52-50-48-46-27-25-23-21-19-17-15-13-11-9-7-2/h8-11,14-17,20-23,26-28,30-31,33-34,36-37,39-40,42-43,45-47,50-53,56-59,72,76H,6-7,12-13,18-19,24-25,29,32,35,38,41,44,48-49,54-55,60-71H2,1-5H3/p+1/b10-8-,11-9-,16-14-,17-15-,22-20-,23-21-,28-26-,31-30-,34-33-,37-36-,40-39-,43-42-,46-27-,47-45-,52-50-,53-51-,58-56-,59-57-. The molecule has 0 amide bonds. The summed E-state index contributed by atoms with van der Waals surface area (Å²) in [6.07, 6.45) is 99.0. The molecule has 0 saturated heterocycles. The molecule has 0 spiro atoms. The van der Waals surface area contributed by atoms with Gasteiger partial charge in [0.2, 0.25) is 0 Å². The Labute approximate surface area is 517 Å². The second kappa shape index (κ2) is 63.6. The number of quaternary nitrogens is 1. The maximum absolute atomic E-state index is 12.9. The Morgan fingerprint density at radius 1 is 0.353 bits per heavy atom. The number of rotatable bonds is 55. The van der Waals surface area contributed by atoms with Gasteiger partial charge >= 0.3 is 17.9 Å². The lowest BCUT2D eigenvalue weighted by Gasteiger charge is -2.25. The quantitative estimate of drug-likeness (QED) is 0.0211. The van der Waals surface area contributed by atoms with Gasteiger partial charge in [-0.3, -0.25) is 9.59 Å². The third-order valence-electron chi connectivity index (χ3n) is 12.2. The van der Waals surface area contributed by atoms with Crippen LogP contribution in [0.4, 0.5) is 0 Å². The van der Waals surface area contributed by atoms with Crippen LogP contribution in [0.2, 0.25) is 0 Å². The van der Waals surface area contributed by atoms with Gasteiger partial charge in [-0.1, -0.05) is 233 Å². The first kappa shape index (κ1) is 78.6. The van der Waals surface area contributed by atoms with E-state index >= 15 is 0 Å². The summed E-state index contributed by atoms with van der Waals surface area (Å²) in [7, 11) is 5.92. The zero-order valence-electron chi connectivity index (χ0n) is 53.4. The molecule has 0 aromatic carbocycles. The molecule has 2 atom stereocenters. The lowest BCUT2D eigenvalue weighted by molar-refractivity contribution is -0.870. The number of carboxylic acid groups (broad SMARTS) is 1. The normalized spacial score (nSPS) is 14.2. The fourth-order valence-electron chi connectivity index (χ4n) is 7.41. The van der Waals surface area contributed by atoms with Gasteiger partial charge in [-0.25, -0.2) is 4.79 Å². The molecule has 85 heavy (non-hydrogen) atoms. The van der Waals surface area contributed by atoms with Crippen LogP contribution in [0, 0.1) is 0 Å². The van der Waals surface area contributed by atoms with E-state index in [2.05, 4.69) is 233 Å². The second-order valence-electron chi connectivity index (χ2n) is 21.2. The van der Waals surface area contributed by atoms with Crippen molar-refractivity contribution >= 4 is 17.9 Å². The molecule has 0 saturated carbocycles. The summed E-state index contributed by atoms with van der Waals surface area (Å²) < 4.78 is 22.8. The minimum Gasteiger partial charge on any atom is -0.477 e. The third-order valence-corrected chi connectivity index (χ3v) is 12.2. The van der Waals surface area contributed by atoms with Crippen LogP contribution in [-0.4, -0.2) is 87.4 Å². The summed E-state index contributed by atoms with van der Waals surface area (Å²) in [5.74, 6) is -2.16. The largest absolute Gasteiger partial charge is 0.477 e. The molecule has 0 heterocycles. The average Bonchev–Trinajstić information content (AvgIpc) is 3.49. The van der Waals surface area contributed by atoms with E-state index < -0.39 is 30.3 Å². The van der Waals surface area contributed by atoms with E-state index in [1.165, 1.54) is 0 Å². The molecule has 2 unspecified atom stereocenters. The van der Waals surface area contributed by atoms with Crippen molar-refractivity contribution in [2.75, 3.05) is 47.5 Å². The number of hydrogen-bond donors (Lipinski definition) is 1. The number of allylic oxidation sites excluding steroid dienone is 36. The fourth-order valence-corrected chi connectivity index (χ4v) is 7.41. The van der Waals surface area contributed by atoms with E-state index in [0.29, 0.717) is 23.9 Å². The topological polar surface area (TPSA) is 108 Å². The summed E-state index contributed by atoms with van der Waals surface area (Å²) in [5, 5.41) is 9.71. The van der Waals surface area contributed by atoms with E-state index in [9.17, 15) is 19.5 Å². The number of nitrogens with zero attached hydrogens (tertiary/aromatic N) is 1. The highest BCUT2D eigenvalue weighted by Crippen LogP contribution is 2.10. The number of carbonyl (C=O) groups excluding carboxylic acids is 2. The van der Waals surface area contributed by atoms with Crippen molar-refractivity contribution in [1.82, 2.24) is 0 Å². The zero-order chi connectivity index (χ0) is 61.9. The molecule has 0 radical (unpaired) electrons. The van der Waals surface area contributed by atoms with E-state index in [1.54, 1.807) is 0 Å². The molecule has 0 aromatic heterocycles. The SMILES string of the molecule is CC/C=C\C/C=C\C/C=C\C/C=C\C/C=C\C/C=C\C/C=C\C/C=C\C/C=C\C/C=C\C/C=C\C/C=C\CCCCC(=O)OC(COC(=O)CCCC/C=C\C/C=C\C/C=C\C/C=C\C/C=C\C/C=C\CC)COC(OCC[N+](C)(C)C)C(=O)O. The summed E-state index contributed by atoms with van der Waals surface area (Å²) in [4.78, 5) is 37.5. The molecule has 0 fully saturated rings. The summed E-state index contributed by atoms with van der Waals surface area (Å²) in [6, 6.07) is 0. The Morgan fingerprint density at radius 2 is 0.624 bits per heavy atom. The fraction of sp³-hybridized carbons (Fsp3) is 0.487. The first-order chi connectivity index (χ1) is 41.6. The predicted octanol–water partition coefficient (Wildman–Crippen LogP) is 19.8. The zero-order valence-corrected chi connectivity index (χ0v) is 53.4. The van der Waals surface area contributed by atoms with Gasteiger partial charge in [0.25, 0.3) is 6.29 Å². The second-order valence-corrected chi connectivity index (χ2v) is 21.2. The molecule has 0 aliphatic carbocycles. The van der Waals surface area contributed by atoms with Crippen molar-refractivity contribution in [3.63, 3.8) is 0 Å². The van der Waals surface area contributed by atoms with E-state index in [4.69, 9.17) is 18.9 Å². The third kappa shape index (κ3) is 65.0. The van der Waals surface area contributed by atoms with E-state index in [0.717, 1.165) is 141 Å². The highest BCUT2D eigenvalue weighted by atomic mass is 16.7. The Hall–Kier alpha value is -6.39. The van der Waals surface area contributed by atoms with Crippen LogP contribution in [0.25, 0.3) is 0 Å². The molecule has 9 heteroatoms. The number of unbranched alkanes of at least 4 members (excludes halogenated alkanes) is 4. The van der Waals surface area contributed by atoms with Gasteiger partial charge in [0.15, 0.2) is 6.10 Å². The van der Waals surface area contributed by atoms with Gasteiger partial charge in [0.1, 0.15) is 13.2 Å². The molecular weight excluding hydrogens is 1050 g/mol. The highest BCUT2D eigenvalue weighted by Gasteiger charge is 2.25. The molecule has 0 aliphatic heterocycles.